The molecular weight excluding hydrogens is 290 g/mol. The molecule has 1 atom stereocenters. The van der Waals surface area contributed by atoms with E-state index in [1.54, 1.807) is 0 Å². The first-order valence-electron chi connectivity index (χ1n) is 8.20. The summed E-state index contributed by atoms with van der Waals surface area (Å²) in [5.41, 5.74) is 0. The van der Waals surface area contributed by atoms with Crippen molar-refractivity contribution in [2.75, 3.05) is 20.1 Å². The number of fused-ring (bicyclic) bond motifs is 1. The molecule has 0 aliphatic carbocycles. The van der Waals surface area contributed by atoms with Crippen LogP contribution in [-0.2, 0) is 19.5 Å². The molecule has 0 fully saturated rings. The molecule has 3 rings (SSSR count). The van der Waals surface area contributed by atoms with Gasteiger partial charge in [-0.15, -0.1) is 10.2 Å². The zero-order valence-electron chi connectivity index (χ0n) is 13.9. The van der Waals surface area contributed by atoms with Crippen LogP contribution in [0.2, 0.25) is 0 Å². The molecule has 2 aromatic heterocycles. The minimum absolute atomic E-state index is 0.584. The van der Waals surface area contributed by atoms with E-state index in [4.69, 9.17) is 0 Å². The van der Waals surface area contributed by atoms with E-state index in [1.165, 1.54) is 0 Å². The maximum absolute atomic E-state index is 4.30. The average molecular weight is 315 g/mol. The number of aliphatic imine (C=N–C) groups is 1. The van der Waals surface area contributed by atoms with Crippen LogP contribution in [-0.4, -0.2) is 45.4 Å². The lowest BCUT2D eigenvalue weighted by atomic mass is 9.99. The van der Waals surface area contributed by atoms with Crippen molar-refractivity contribution in [3.05, 3.63) is 36.2 Å². The summed E-state index contributed by atoms with van der Waals surface area (Å²) >= 11 is 0. The maximum atomic E-state index is 4.30. The topological polar surface area (TPSA) is 72.1 Å². The van der Waals surface area contributed by atoms with Gasteiger partial charge >= 0.3 is 0 Å². The Morgan fingerprint density at radius 2 is 2.13 bits per heavy atom. The maximum Gasteiger partial charge on any atom is 0.191 e. The van der Waals surface area contributed by atoms with Crippen molar-refractivity contribution < 1.29 is 0 Å². The Balaban J connectivity index is 1.43. The summed E-state index contributed by atoms with van der Waals surface area (Å²) in [6, 6.07) is 4.08. The highest BCUT2D eigenvalue weighted by molar-refractivity contribution is 5.79. The second-order valence-electron chi connectivity index (χ2n) is 5.98. The molecule has 23 heavy (non-hydrogen) atoms. The van der Waals surface area contributed by atoms with Crippen LogP contribution in [0.15, 0.2) is 29.5 Å². The molecule has 2 aromatic rings. The number of aryl methyl sites for hydroxylation is 2. The average Bonchev–Trinajstić information content (AvgIpc) is 3.21. The number of guanidine groups is 1. The Morgan fingerprint density at radius 3 is 2.91 bits per heavy atom. The van der Waals surface area contributed by atoms with Gasteiger partial charge in [0.15, 0.2) is 5.96 Å². The predicted molar refractivity (Wildman–Crippen MR) is 90.4 cm³/mol. The number of hydrogen-bond acceptors (Lipinski definition) is 3. The highest BCUT2D eigenvalue weighted by atomic mass is 15.3. The van der Waals surface area contributed by atoms with E-state index in [1.807, 2.05) is 26.1 Å². The highest BCUT2D eigenvalue weighted by Gasteiger charge is 2.21. The van der Waals surface area contributed by atoms with E-state index in [2.05, 4.69) is 47.4 Å². The van der Waals surface area contributed by atoms with Gasteiger partial charge in [0.2, 0.25) is 0 Å². The molecule has 7 heteroatoms. The van der Waals surface area contributed by atoms with E-state index in [-0.39, 0.29) is 0 Å². The van der Waals surface area contributed by atoms with Gasteiger partial charge in [0, 0.05) is 52.0 Å². The van der Waals surface area contributed by atoms with Crippen LogP contribution in [0.4, 0.5) is 0 Å². The second kappa shape index (κ2) is 7.30. The first-order valence-corrected chi connectivity index (χ1v) is 8.20. The monoisotopic (exact) mass is 315 g/mol. The zero-order valence-corrected chi connectivity index (χ0v) is 13.9. The van der Waals surface area contributed by atoms with Gasteiger partial charge in [-0.3, -0.25) is 4.99 Å². The third-order valence-electron chi connectivity index (χ3n) is 4.34. The molecular formula is C16H25N7. The largest absolute Gasteiger partial charge is 0.356 e. The molecule has 1 aliphatic rings. The van der Waals surface area contributed by atoms with Crippen LogP contribution >= 0.6 is 0 Å². The zero-order chi connectivity index (χ0) is 16.1. The smallest absolute Gasteiger partial charge is 0.191 e. The van der Waals surface area contributed by atoms with Crippen molar-refractivity contribution >= 4 is 5.96 Å². The molecule has 0 amide bonds. The summed E-state index contributed by atoms with van der Waals surface area (Å²) in [5.74, 6) is 3.58. The predicted octanol–water partition coefficient (Wildman–Crippen LogP) is 0.816. The minimum Gasteiger partial charge on any atom is -0.356 e. The first kappa shape index (κ1) is 15.6. The molecule has 0 aromatic carbocycles. The summed E-state index contributed by atoms with van der Waals surface area (Å²) in [4.78, 5) is 4.30. The van der Waals surface area contributed by atoms with Crippen LogP contribution in [0.25, 0.3) is 0 Å². The molecule has 7 nitrogen and oxygen atoms in total. The van der Waals surface area contributed by atoms with Crippen molar-refractivity contribution in [1.82, 2.24) is 30.0 Å². The Kier molecular flexibility index (Phi) is 4.95. The van der Waals surface area contributed by atoms with Gasteiger partial charge in [-0.05, 0) is 31.4 Å². The molecule has 0 saturated heterocycles. The van der Waals surface area contributed by atoms with E-state index in [0.717, 1.165) is 56.6 Å². The van der Waals surface area contributed by atoms with Crippen molar-refractivity contribution in [3.63, 3.8) is 0 Å². The molecule has 0 radical (unpaired) electrons. The van der Waals surface area contributed by atoms with Crippen molar-refractivity contribution in [3.8, 4) is 0 Å². The Hall–Kier alpha value is -2.31. The van der Waals surface area contributed by atoms with Crippen molar-refractivity contribution in [1.29, 1.82) is 0 Å². The summed E-state index contributed by atoms with van der Waals surface area (Å²) in [6.07, 6.45) is 6.29. The van der Waals surface area contributed by atoms with E-state index in [9.17, 15) is 0 Å². The molecule has 1 aliphatic heterocycles. The first-order chi connectivity index (χ1) is 11.3. The third-order valence-corrected chi connectivity index (χ3v) is 4.34. The van der Waals surface area contributed by atoms with Gasteiger partial charge < -0.3 is 19.8 Å². The van der Waals surface area contributed by atoms with Gasteiger partial charge in [-0.1, -0.05) is 0 Å². The fraction of sp³-hybridized carbons (Fsp3) is 0.562. The molecule has 1 unspecified atom stereocenters. The van der Waals surface area contributed by atoms with Crippen LogP contribution in [0.5, 0.6) is 0 Å². The van der Waals surface area contributed by atoms with Gasteiger partial charge in [0.1, 0.15) is 11.6 Å². The van der Waals surface area contributed by atoms with Crippen LogP contribution in [0.1, 0.15) is 18.1 Å². The summed E-state index contributed by atoms with van der Waals surface area (Å²) in [5, 5.41) is 15.2. The highest BCUT2D eigenvalue weighted by Crippen LogP contribution is 2.19. The van der Waals surface area contributed by atoms with Crippen LogP contribution < -0.4 is 10.6 Å². The molecule has 0 spiro atoms. The van der Waals surface area contributed by atoms with Gasteiger partial charge in [0.05, 0.1) is 0 Å². The van der Waals surface area contributed by atoms with Crippen molar-refractivity contribution in [2.45, 2.75) is 32.9 Å². The SMILES string of the molecule is CN=C(NCCn1cccc1)NCC1CCc2nnc(C)n2C1. The third kappa shape index (κ3) is 3.91. The van der Waals surface area contributed by atoms with E-state index in [0.29, 0.717) is 5.92 Å². The molecule has 0 saturated carbocycles. The molecule has 124 valence electrons. The second-order valence-corrected chi connectivity index (χ2v) is 5.98. The lowest BCUT2D eigenvalue weighted by Crippen LogP contribution is -2.42. The van der Waals surface area contributed by atoms with Gasteiger partial charge in [0.25, 0.3) is 0 Å². The fourth-order valence-corrected chi connectivity index (χ4v) is 2.98. The Morgan fingerprint density at radius 1 is 1.30 bits per heavy atom. The van der Waals surface area contributed by atoms with Gasteiger partial charge in [-0.2, -0.15) is 0 Å². The molecule has 3 heterocycles. The minimum atomic E-state index is 0.584. The van der Waals surface area contributed by atoms with Gasteiger partial charge in [-0.25, -0.2) is 0 Å². The van der Waals surface area contributed by atoms with Crippen molar-refractivity contribution in [2.24, 2.45) is 10.9 Å². The number of nitrogens with zero attached hydrogens (tertiary/aromatic N) is 5. The normalized spacial score (nSPS) is 17.8. The Bertz CT molecular complexity index is 641. The quantitative estimate of drug-likeness (QED) is 0.633. The molecule has 0 bridgehead atoms. The number of rotatable bonds is 5. The van der Waals surface area contributed by atoms with Crippen LogP contribution in [0, 0.1) is 12.8 Å². The summed E-state index contributed by atoms with van der Waals surface area (Å²) in [6.45, 7) is 5.71. The standard InChI is InChI=1S/C16H25N7/c1-13-20-21-15-6-5-14(12-23(13)15)11-19-16(17-2)18-7-10-22-8-3-4-9-22/h3-4,8-9,14H,5-7,10-12H2,1-2H3,(H2,17,18,19). The van der Waals surface area contributed by atoms with E-state index >= 15 is 0 Å². The number of aromatic nitrogens is 4. The van der Waals surface area contributed by atoms with Crippen LogP contribution in [0.3, 0.4) is 0 Å². The number of hydrogen-bond donors (Lipinski definition) is 2. The fourth-order valence-electron chi connectivity index (χ4n) is 2.98. The van der Waals surface area contributed by atoms with E-state index < -0.39 is 0 Å². The summed E-state index contributed by atoms with van der Waals surface area (Å²) < 4.78 is 4.38. The number of nitrogens with one attached hydrogen (secondary N) is 2. The summed E-state index contributed by atoms with van der Waals surface area (Å²) in [7, 11) is 1.81. The molecule has 2 N–H and O–H groups in total. The lowest BCUT2D eigenvalue weighted by Gasteiger charge is -2.25. The lowest BCUT2D eigenvalue weighted by molar-refractivity contribution is 0.358. The Labute approximate surface area is 136 Å².